The van der Waals surface area contributed by atoms with E-state index < -0.39 is 0 Å². The van der Waals surface area contributed by atoms with Gasteiger partial charge in [0, 0.05) is 31.1 Å². The van der Waals surface area contributed by atoms with E-state index in [1.807, 2.05) is 18.6 Å². The number of carbonyl (C=O) groups is 1. The van der Waals surface area contributed by atoms with Crippen LogP contribution in [0.25, 0.3) is 11.3 Å². The molecule has 0 aliphatic rings. The molecule has 0 bridgehead atoms. The second kappa shape index (κ2) is 3.34. The molecule has 0 N–H and O–H groups in total. The number of rotatable bonds is 2. The molecule has 4 nitrogen and oxygen atoms in total. The molecule has 0 unspecified atom stereocenters. The molecule has 0 saturated carbocycles. The van der Waals surface area contributed by atoms with E-state index >= 15 is 0 Å². The molecule has 0 fully saturated rings. The highest BCUT2D eigenvalue weighted by atomic mass is 32.1. The smallest absolute Gasteiger partial charge is 0.188 e. The number of hydrogen-bond donors (Lipinski definition) is 0. The minimum Gasteiger partial charge on any atom is -0.292 e. The number of hydrogen-bond acceptors (Lipinski definition) is 4. The summed E-state index contributed by atoms with van der Waals surface area (Å²) in [6.07, 6.45) is 3.61. The van der Waals surface area contributed by atoms with Crippen LogP contribution in [0.3, 0.4) is 0 Å². The first-order chi connectivity index (χ1) is 6.66. The number of nitrogens with zero attached hydrogens (tertiary/aromatic N) is 3. The molecule has 2 aromatic rings. The molecule has 0 aromatic carbocycles. The predicted octanol–water partition coefficient (Wildman–Crippen LogP) is 1.75. The van der Waals surface area contributed by atoms with E-state index in [4.69, 9.17) is 0 Å². The Bertz CT molecular complexity index is 472. The van der Waals surface area contributed by atoms with E-state index in [0.717, 1.165) is 11.3 Å². The Kier molecular flexibility index (Phi) is 2.17. The Morgan fingerprint density at radius 2 is 2.36 bits per heavy atom. The molecule has 2 heterocycles. The summed E-state index contributed by atoms with van der Waals surface area (Å²) in [4.78, 5) is 15.2. The lowest BCUT2D eigenvalue weighted by Gasteiger charge is -1.87. The molecule has 0 aliphatic carbocycles. The van der Waals surface area contributed by atoms with Gasteiger partial charge in [-0.1, -0.05) is 0 Å². The van der Waals surface area contributed by atoms with Crippen LogP contribution in [0.4, 0.5) is 0 Å². The topological polar surface area (TPSA) is 47.8 Å². The summed E-state index contributed by atoms with van der Waals surface area (Å²) >= 11 is 1.36. The Morgan fingerprint density at radius 1 is 1.57 bits per heavy atom. The lowest BCUT2D eigenvalue weighted by atomic mass is 10.3. The fraction of sp³-hybridized carbons (Fsp3) is 0.222. The summed E-state index contributed by atoms with van der Waals surface area (Å²) in [5.74, 6) is 0.00476. The van der Waals surface area contributed by atoms with Crippen LogP contribution in [0.15, 0.2) is 17.8 Å². The highest BCUT2D eigenvalue weighted by molar-refractivity contribution is 7.12. The van der Waals surface area contributed by atoms with Crippen LogP contribution in [0, 0.1) is 0 Å². The minimum atomic E-state index is 0.00476. The largest absolute Gasteiger partial charge is 0.292 e. The van der Waals surface area contributed by atoms with Crippen molar-refractivity contribution in [2.45, 2.75) is 6.92 Å². The summed E-state index contributed by atoms with van der Waals surface area (Å²) < 4.78 is 1.71. The fourth-order valence-electron chi connectivity index (χ4n) is 1.12. The van der Waals surface area contributed by atoms with Gasteiger partial charge in [0.05, 0.1) is 11.9 Å². The van der Waals surface area contributed by atoms with Crippen molar-refractivity contribution in [1.82, 2.24) is 14.8 Å². The summed E-state index contributed by atoms with van der Waals surface area (Å²) in [6.45, 7) is 1.52. The standard InChI is InChI=1S/C9H9N3OS/c1-6(13)9-11-8(5-14-9)7-3-10-12(2)4-7/h3-5H,1-2H3. The van der Waals surface area contributed by atoms with Crippen molar-refractivity contribution >= 4 is 17.1 Å². The van der Waals surface area contributed by atoms with Gasteiger partial charge < -0.3 is 0 Å². The van der Waals surface area contributed by atoms with Crippen LogP contribution < -0.4 is 0 Å². The zero-order chi connectivity index (χ0) is 10.1. The van der Waals surface area contributed by atoms with E-state index in [-0.39, 0.29) is 5.78 Å². The van der Waals surface area contributed by atoms with Crippen molar-refractivity contribution in [2.75, 3.05) is 0 Å². The minimum absolute atomic E-state index is 0.00476. The van der Waals surface area contributed by atoms with Gasteiger partial charge in [-0.25, -0.2) is 4.98 Å². The Hall–Kier alpha value is -1.49. The normalized spacial score (nSPS) is 10.4. The van der Waals surface area contributed by atoms with Crippen molar-refractivity contribution in [3.8, 4) is 11.3 Å². The van der Waals surface area contributed by atoms with Crippen LogP contribution in [0.5, 0.6) is 0 Å². The van der Waals surface area contributed by atoms with Crippen molar-refractivity contribution in [3.63, 3.8) is 0 Å². The highest BCUT2D eigenvalue weighted by Gasteiger charge is 2.08. The van der Waals surface area contributed by atoms with Crippen LogP contribution in [0.1, 0.15) is 16.7 Å². The maximum Gasteiger partial charge on any atom is 0.188 e. The molecule has 0 radical (unpaired) electrons. The molecule has 0 atom stereocenters. The van der Waals surface area contributed by atoms with Crippen LogP contribution >= 0.6 is 11.3 Å². The zero-order valence-corrected chi connectivity index (χ0v) is 8.71. The predicted molar refractivity (Wildman–Crippen MR) is 54.3 cm³/mol. The number of aryl methyl sites for hydroxylation is 1. The first-order valence-corrected chi connectivity index (χ1v) is 5.00. The van der Waals surface area contributed by atoms with E-state index in [9.17, 15) is 4.79 Å². The van der Waals surface area contributed by atoms with Gasteiger partial charge >= 0.3 is 0 Å². The second-order valence-electron chi connectivity index (χ2n) is 3.00. The zero-order valence-electron chi connectivity index (χ0n) is 7.89. The first-order valence-electron chi connectivity index (χ1n) is 4.12. The van der Waals surface area contributed by atoms with Crippen LogP contribution in [0.2, 0.25) is 0 Å². The van der Waals surface area contributed by atoms with E-state index in [1.54, 1.807) is 10.9 Å². The average molecular weight is 207 g/mol. The van der Waals surface area contributed by atoms with Gasteiger partial charge in [-0.2, -0.15) is 5.10 Å². The Labute approximate surface area is 85.2 Å². The van der Waals surface area contributed by atoms with Gasteiger partial charge in [-0.05, 0) is 0 Å². The summed E-state index contributed by atoms with van der Waals surface area (Å²) in [5.41, 5.74) is 1.75. The Morgan fingerprint density at radius 3 is 2.86 bits per heavy atom. The van der Waals surface area contributed by atoms with Gasteiger partial charge in [-0.15, -0.1) is 11.3 Å². The molecule has 0 aliphatic heterocycles. The first kappa shape index (κ1) is 9.08. The molecule has 14 heavy (non-hydrogen) atoms. The maximum atomic E-state index is 11.0. The highest BCUT2D eigenvalue weighted by Crippen LogP contribution is 2.21. The molecule has 0 amide bonds. The molecule has 2 rings (SSSR count). The SMILES string of the molecule is CC(=O)c1nc(-c2cnn(C)c2)cs1. The third-order valence-corrected chi connectivity index (χ3v) is 2.75. The van der Waals surface area contributed by atoms with Crippen LogP contribution in [-0.2, 0) is 7.05 Å². The van der Waals surface area contributed by atoms with Gasteiger partial charge in [0.15, 0.2) is 10.8 Å². The number of aromatic nitrogens is 3. The lowest BCUT2D eigenvalue weighted by molar-refractivity contribution is 0.101. The summed E-state index contributed by atoms with van der Waals surface area (Å²) in [5, 5.41) is 6.46. The lowest BCUT2D eigenvalue weighted by Crippen LogP contribution is -1.89. The molecular weight excluding hydrogens is 198 g/mol. The van der Waals surface area contributed by atoms with Gasteiger partial charge in [-0.3, -0.25) is 9.48 Å². The fourth-order valence-corrected chi connectivity index (χ4v) is 1.85. The van der Waals surface area contributed by atoms with Gasteiger partial charge in [0.25, 0.3) is 0 Å². The molecule has 72 valence electrons. The van der Waals surface area contributed by atoms with Crippen molar-refractivity contribution in [2.24, 2.45) is 7.05 Å². The van der Waals surface area contributed by atoms with Gasteiger partial charge in [0.2, 0.25) is 0 Å². The molecule has 0 spiro atoms. The van der Waals surface area contributed by atoms with Crippen molar-refractivity contribution in [1.29, 1.82) is 0 Å². The molecule has 2 aromatic heterocycles. The number of carbonyl (C=O) groups excluding carboxylic acids is 1. The third kappa shape index (κ3) is 1.58. The quantitative estimate of drug-likeness (QED) is 0.705. The summed E-state index contributed by atoms with van der Waals surface area (Å²) in [7, 11) is 1.85. The molecular formula is C9H9N3OS. The molecule has 5 heteroatoms. The van der Waals surface area contributed by atoms with Crippen LogP contribution in [-0.4, -0.2) is 20.5 Å². The number of Topliss-reactive ketones (excluding diaryl/α,β-unsaturated/α-hetero) is 1. The van der Waals surface area contributed by atoms with Gasteiger partial charge in [0.1, 0.15) is 0 Å². The maximum absolute atomic E-state index is 11.0. The van der Waals surface area contributed by atoms with Crippen molar-refractivity contribution < 1.29 is 4.79 Å². The second-order valence-corrected chi connectivity index (χ2v) is 3.85. The molecule has 0 saturated heterocycles. The number of thiazole rings is 1. The Balaban J connectivity index is 2.38. The van der Waals surface area contributed by atoms with E-state index in [2.05, 4.69) is 10.1 Å². The van der Waals surface area contributed by atoms with E-state index in [1.165, 1.54) is 18.3 Å². The van der Waals surface area contributed by atoms with E-state index in [0.29, 0.717) is 5.01 Å². The van der Waals surface area contributed by atoms with Crippen molar-refractivity contribution in [3.05, 3.63) is 22.8 Å². The monoisotopic (exact) mass is 207 g/mol. The third-order valence-electron chi connectivity index (χ3n) is 1.81. The average Bonchev–Trinajstić information content (AvgIpc) is 2.70. The summed E-state index contributed by atoms with van der Waals surface area (Å²) in [6, 6.07) is 0. The number of ketones is 1.